The van der Waals surface area contributed by atoms with Gasteiger partial charge >= 0.3 is 0 Å². The highest BCUT2D eigenvalue weighted by atomic mass is 35.5. The van der Waals surface area contributed by atoms with Crippen LogP contribution >= 0.6 is 24.8 Å². The summed E-state index contributed by atoms with van der Waals surface area (Å²) in [7, 11) is 5.65. The lowest BCUT2D eigenvalue weighted by atomic mass is 9.84. The molecule has 6 nitrogen and oxygen atoms in total. The van der Waals surface area contributed by atoms with Gasteiger partial charge in [-0.1, -0.05) is 6.07 Å². The Kier molecular flexibility index (Phi) is 9.84. The summed E-state index contributed by atoms with van der Waals surface area (Å²) in [4.78, 5) is 14.7. The molecular weight excluding hydrogens is 401 g/mol. The molecule has 0 aromatic heterocycles. The van der Waals surface area contributed by atoms with Crippen molar-refractivity contribution >= 4 is 30.7 Å². The van der Waals surface area contributed by atoms with Gasteiger partial charge in [0.05, 0.1) is 13.0 Å². The van der Waals surface area contributed by atoms with Crippen molar-refractivity contribution in [2.45, 2.75) is 31.8 Å². The average Bonchev–Trinajstić information content (AvgIpc) is 3.21. The van der Waals surface area contributed by atoms with E-state index in [0.717, 1.165) is 30.7 Å². The van der Waals surface area contributed by atoms with E-state index in [1.54, 1.807) is 7.11 Å². The molecule has 28 heavy (non-hydrogen) atoms. The minimum absolute atomic E-state index is 0. The number of ether oxygens (including phenoxy) is 2. The summed E-state index contributed by atoms with van der Waals surface area (Å²) < 4.78 is 11.2. The molecule has 2 aliphatic rings. The van der Waals surface area contributed by atoms with Crippen LogP contribution < -0.4 is 20.5 Å². The molecule has 4 atom stereocenters. The molecular formula is C20H33Cl2N3O3. The van der Waals surface area contributed by atoms with E-state index >= 15 is 0 Å². The molecule has 2 bridgehead atoms. The summed E-state index contributed by atoms with van der Waals surface area (Å²) in [5, 5.41) is 3.06. The number of rotatable bonds is 8. The van der Waals surface area contributed by atoms with Crippen molar-refractivity contribution in [3.05, 3.63) is 23.8 Å². The molecule has 8 heteroatoms. The van der Waals surface area contributed by atoms with Crippen molar-refractivity contribution < 1.29 is 14.3 Å². The van der Waals surface area contributed by atoms with Gasteiger partial charge in [0.25, 0.3) is 0 Å². The Hall–Kier alpha value is -1.21. The van der Waals surface area contributed by atoms with Gasteiger partial charge < -0.3 is 25.4 Å². The molecule has 3 N–H and O–H groups in total. The molecule has 1 amide bonds. The summed E-state index contributed by atoms with van der Waals surface area (Å²) >= 11 is 0. The maximum atomic E-state index is 12.6. The number of nitrogens with one attached hydrogen (secondary N) is 1. The summed E-state index contributed by atoms with van der Waals surface area (Å²) in [6.45, 7) is 1.92. The van der Waals surface area contributed by atoms with E-state index in [1.807, 2.05) is 32.3 Å². The van der Waals surface area contributed by atoms with E-state index in [4.69, 9.17) is 15.2 Å². The van der Waals surface area contributed by atoms with Crippen LogP contribution in [0.25, 0.3) is 0 Å². The van der Waals surface area contributed by atoms with Crippen LogP contribution in [0.5, 0.6) is 11.5 Å². The normalized spacial score (nSPS) is 25.0. The second-order valence-corrected chi connectivity index (χ2v) is 7.79. The largest absolute Gasteiger partial charge is 0.493 e. The Morgan fingerprint density at radius 2 is 1.93 bits per heavy atom. The lowest BCUT2D eigenvalue weighted by Crippen LogP contribution is -2.45. The molecule has 2 aliphatic carbocycles. The minimum Gasteiger partial charge on any atom is -0.493 e. The van der Waals surface area contributed by atoms with Crippen LogP contribution in [0.1, 0.15) is 24.8 Å². The first kappa shape index (κ1) is 24.8. The van der Waals surface area contributed by atoms with Gasteiger partial charge in [-0.2, -0.15) is 0 Å². The predicted molar refractivity (Wildman–Crippen MR) is 116 cm³/mol. The Labute approximate surface area is 180 Å². The zero-order valence-electron chi connectivity index (χ0n) is 16.8. The monoisotopic (exact) mass is 433 g/mol. The number of fused-ring (bicyclic) bond motifs is 2. The van der Waals surface area contributed by atoms with E-state index in [0.29, 0.717) is 30.7 Å². The van der Waals surface area contributed by atoms with Crippen molar-refractivity contribution in [1.29, 1.82) is 0 Å². The number of hydrogen-bond acceptors (Lipinski definition) is 5. The van der Waals surface area contributed by atoms with Gasteiger partial charge in [0.2, 0.25) is 5.91 Å². The quantitative estimate of drug-likeness (QED) is 0.658. The molecule has 2 saturated carbocycles. The molecule has 4 unspecified atom stereocenters. The zero-order chi connectivity index (χ0) is 18.7. The van der Waals surface area contributed by atoms with E-state index in [1.165, 1.54) is 6.42 Å². The molecule has 1 aromatic rings. The first-order valence-corrected chi connectivity index (χ1v) is 9.47. The molecule has 0 heterocycles. The van der Waals surface area contributed by atoms with Crippen LogP contribution in [0.15, 0.2) is 18.2 Å². The van der Waals surface area contributed by atoms with Crippen LogP contribution in [0.4, 0.5) is 0 Å². The summed E-state index contributed by atoms with van der Waals surface area (Å²) in [5.41, 5.74) is 7.26. The maximum absolute atomic E-state index is 12.6. The molecule has 0 spiro atoms. The summed E-state index contributed by atoms with van der Waals surface area (Å²) in [6, 6.07) is 5.82. The molecule has 1 aromatic carbocycles. The van der Waals surface area contributed by atoms with Gasteiger partial charge in [0, 0.05) is 19.1 Å². The maximum Gasteiger partial charge on any atom is 0.225 e. The number of methoxy groups -OCH3 is 1. The smallest absolute Gasteiger partial charge is 0.225 e. The number of nitrogens with two attached hydrogens (primary N) is 1. The van der Waals surface area contributed by atoms with Crippen molar-refractivity contribution in [2.75, 3.05) is 34.4 Å². The van der Waals surface area contributed by atoms with Crippen LogP contribution in [-0.4, -0.2) is 51.2 Å². The SMILES string of the molecule is COc1cc(CNC(=O)C2C3CCC(C3)C2N)ccc1OCCN(C)C.Cl.Cl. The summed E-state index contributed by atoms with van der Waals surface area (Å²) in [5.74, 6) is 2.48. The fourth-order valence-electron chi connectivity index (χ4n) is 4.31. The van der Waals surface area contributed by atoms with Gasteiger partial charge in [-0.25, -0.2) is 0 Å². The molecule has 0 aliphatic heterocycles. The first-order chi connectivity index (χ1) is 12.5. The number of carbonyl (C=O) groups is 1. The Bertz CT molecular complexity index is 643. The van der Waals surface area contributed by atoms with Crippen molar-refractivity contribution in [2.24, 2.45) is 23.5 Å². The highest BCUT2D eigenvalue weighted by Gasteiger charge is 2.48. The minimum atomic E-state index is -0.0238. The lowest BCUT2D eigenvalue weighted by molar-refractivity contribution is -0.127. The van der Waals surface area contributed by atoms with E-state index < -0.39 is 0 Å². The second-order valence-electron chi connectivity index (χ2n) is 7.79. The van der Waals surface area contributed by atoms with E-state index in [9.17, 15) is 4.79 Å². The average molecular weight is 434 g/mol. The van der Waals surface area contributed by atoms with Crippen molar-refractivity contribution in [3.63, 3.8) is 0 Å². The lowest BCUT2D eigenvalue weighted by Gasteiger charge is -2.27. The van der Waals surface area contributed by atoms with Gasteiger partial charge in [-0.05, 0) is 62.9 Å². The van der Waals surface area contributed by atoms with Crippen LogP contribution in [0.3, 0.4) is 0 Å². The summed E-state index contributed by atoms with van der Waals surface area (Å²) in [6.07, 6.45) is 3.44. The van der Waals surface area contributed by atoms with Crippen LogP contribution in [-0.2, 0) is 11.3 Å². The van der Waals surface area contributed by atoms with E-state index in [2.05, 4.69) is 10.2 Å². The van der Waals surface area contributed by atoms with Crippen molar-refractivity contribution in [1.82, 2.24) is 10.2 Å². The van der Waals surface area contributed by atoms with Gasteiger partial charge in [0.15, 0.2) is 11.5 Å². The first-order valence-electron chi connectivity index (χ1n) is 9.47. The van der Waals surface area contributed by atoms with Gasteiger partial charge in [0.1, 0.15) is 6.61 Å². The third-order valence-electron chi connectivity index (χ3n) is 5.77. The Balaban J connectivity index is 0.00000196. The predicted octanol–water partition coefficient (Wildman–Crippen LogP) is 2.47. The third kappa shape index (κ3) is 5.66. The molecule has 0 radical (unpaired) electrons. The van der Waals surface area contributed by atoms with Gasteiger partial charge in [-0.15, -0.1) is 24.8 Å². The number of likely N-dealkylation sites (N-methyl/N-ethyl adjacent to an activating group) is 1. The Morgan fingerprint density at radius 1 is 1.21 bits per heavy atom. The molecule has 3 rings (SSSR count). The highest BCUT2D eigenvalue weighted by Crippen LogP contribution is 2.47. The number of nitrogens with zero attached hydrogens (tertiary/aromatic N) is 1. The number of amides is 1. The topological polar surface area (TPSA) is 76.8 Å². The zero-order valence-corrected chi connectivity index (χ0v) is 18.5. The van der Waals surface area contributed by atoms with Crippen LogP contribution in [0.2, 0.25) is 0 Å². The van der Waals surface area contributed by atoms with Gasteiger partial charge in [-0.3, -0.25) is 4.79 Å². The van der Waals surface area contributed by atoms with E-state index in [-0.39, 0.29) is 42.7 Å². The third-order valence-corrected chi connectivity index (χ3v) is 5.77. The van der Waals surface area contributed by atoms with Crippen LogP contribution in [0, 0.1) is 17.8 Å². The number of hydrogen-bond donors (Lipinski definition) is 2. The molecule has 0 saturated heterocycles. The number of benzene rings is 1. The number of halogens is 2. The standard InChI is InChI=1S/C20H31N3O3.2ClH/c1-23(2)8-9-26-16-7-4-13(10-17(16)25-3)12-22-20(24)18-14-5-6-15(11-14)19(18)21;;/h4,7,10,14-15,18-19H,5-6,8-9,11-12,21H2,1-3H3,(H,22,24);2*1H. The molecule has 2 fully saturated rings. The second kappa shape index (κ2) is 11.1. The van der Waals surface area contributed by atoms with Crippen molar-refractivity contribution in [3.8, 4) is 11.5 Å². The highest BCUT2D eigenvalue weighted by molar-refractivity contribution is 5.85. The fraction of sp³-hybridized carbons (Fsp3) is 0.650. The Morgan fingerprint density at radius 3 is 2.54 bits per heavy atom. The molecule has 160 valence electrons. The fourth-order valence-corrected chi connectivity index (χ4v) is 4.31. The number of carbonyl (C=O) groups excluding carboxylic acids is 1.